The maximum atomic E-state index is 11.2. The van der Waals surface area contributed by atoms with E-state index < -0.39 is 4.87 Å². The van der Waals surface area contributed by atoms with Gasteiger partial charge in [0, 0.05) is 0 Å². The number of esters is 1. The molecule has 0 aromatic heterocycles. The Morgan fingerprint density at radius 3 is 2.38 bits per heavy atom. The van der Waals surface area contributed by atoms with Crippen LogP contribution in [0.4, 0.5) is 0 Å². The van der Waals surface area contributed by atoms with E-state index in [1.165, 1.54) is 0 Å². The lowest BCUT2D eigenvalue weighted by Crippen LogP contribution is -2.27. The lowest BCUT2D eigenvalue weighted by molar-refractivity contribution is -0.146. The van der Waals surface area contributed by atoms with E-state index >= 15 is 0 Å². The van der Waals surface area contributed by atoms with E-state index in [-0.39, 0.29) is 5.97 Å². The summed E-state index contributed by atoms with van der Waals surface area (Å²) in [6.45, 7) is 8.05. The van der Waals surface area contributed by atoms with E-state index in [1.54, 1.807) is 13.8 Å². The number of rotatable bonds is 5. The summed E-state index contributed by atoms with van der Waals surface area (Å²) in [5.41, 5.74) is 0. The summed E-state index contributed by atoms with van der Waals surface area (Å²) in [5.74, 6) is 0.320. The van der Waals surface area contributed by atoms with Gasteiger partial charge in [0.1, 0.15) is 4.87 Å². The molecule has 0 aliphatic heterocycles. The second-order valence-corrected chi connectivity index (χ2v) is 5.09. The Labute approximate surface area is 85.6 Å². The van der Waals surface area contributed by atoms with E-state index in [9.17, 15) is 4.79 Å². The van der Waals surface area contributed by atoms with Gasteiger partial charge in [0.25, 0.3) is 0 Å². The predicted octanol–water partition coefficient (Wildman–Crippen LogP) is 2.98. The van der Waals surface area contributed by atoms with E-state index in [4.69, 9.17) is 16.3 Å². The van der Waals surface area contributed by atoms with Crippen LogP contribution in [0.5, 0.6) is 0 Å². The molecule has 0 aliphatic carbocycles. The van der Waals surface area contributed by atoms with Gasteiger partial charge in [0.2, 0.25) is 0 Å². The van der Waals surface area contributed by atoms with Crippen LogP contribution in [0.2, 0.25) is 0 Å². The van der Waals surface area contributed by atoms with Crippen LogP contribution in [-0.4, -0.2) is 17.5 Å². The first-order chi connectivity index (χ1) is 5.84. The van der Waals surface area contributed by atoms with Crippen molar-refractivity contribution in [2.24, 2.45) is 5.92 Å². The summed E-state index contributed by atoms with van der Waals surface area (Å²) < 4.78 is 4.99. The first-order valence-electron chi connectivity index (χ1n) is 4.70. The largest absolute Gasteiger partial charge is 0.464 e. The van der Waals surface area contributed by atoms with Gasteiger partial charge in [0.15, 0.2) is 0 Å². The van der Waals surface area contributed by atoms with Crippen LogP contribution >= 0.6 is 11.6 Å². The van der Waals surface area contributed by atoms with E-state index in [1.807, 2.05) is 0 Å². The summed E-state index contributed by atoms with van der Waals surface area (Å²) >= 11 is 5.75. The standard InChI is InChI=1S/C10H19ClO2/c1-8(2)6-5-7-13-9(12)10(3,4)11/h8H,5-7H2,1-4H3. The van der Waals surface area contributed by atoms with Crippen molar-refractivity contribution in [2.75, 3.05) is 6.61 Å². The van der Waals surface area contributed by atoms with Gasteiger partial charge in [-0.2, -0.15) is 0 Å². The first kappa shape index (κ1) is 12.8. The highest BCUT2D eigenvalue weighted by Crippen LogP contribution is 2.15. The fraction of sp³-hybridized carbons (Fsp3) is 0.900. The first-order valence-corrected chi connectivity index (χ1v) is 5.08. The topological polar surface area (TPSA) is 26.3 Å². The van der Waals surface area contributed by atoms with Crippen molar-refractivity contribution < 1.29 is 9.53 Å². The molecule has 0 aromatic carbocycles. The molecule has 78 valence electrons. The zero-order valence-electron chi connectivity index (χ0n) is 8.89. The molecule has 0 amide bonds. The summed E-state index contributed by atoms with van der Waals surface area (Å²) in [5, 5.41) is 0. The molecule has 0 aliphatic rings. The third kappa shape index (κ3) is 6.88. The molecule has 0 fully saturated rings. The van der Waals surface area contributed by atoms with Crippen molar-refractivity contribution in [2.45, 2.75) is 45.4 Å². The van der Waals surface area contributed by atoms with Gasteiger partial charge in [-0.25, -0.2) is 0 Å². The Morgan fingerprint density at radius 2 is 2.00 bits per heavy atom. The summed E-state index contributed by atoms with van der Waals surface area (Å²) in [7, 11) is 0. The van der Waals surface area contributed by atoms with Crippen molar-refractivity contribution in [1.82, 2.24) is 0 Å². The highest BCUT2D eigenvalue weighted by atomic mass is 35.5. The van der Waals surface area contributed by atoms with Gasteiger partial charge in [-0.15, -0.1) is 11.6 Å². The maximum absolute atomic E-state index is 11.2. The molecule has 0 saturated heterocycles. The number of ether oxygens (including phenoxy) is 1. The Balaban J connectivity index is 3.49. The number of halogens is 1. The van der Waals surface area contributed by atoms with Crippen LogP contribution in [0.3, 0.4) is 0 Å². The molecule has 0 radical (unpaired) electrons. The van der Waals surface area contributed by atoms with E-state index in [0.717, 1.165) is 12.8 Å². The molecule has 0 heterocycles. The molecule has 3 heteroatoms. The zero-order valence-corrected chi connectivity index (χ0v) is 9.65. The smallest absolute Gasteiger partial charge is 0.326 e. The fourth-order valence-electron chi connectivity index (χ4n) is 0.828. The van der Waals surface area contributed by atoms with Crippen LogP contribution in [0.15, 0.2) is 0 Å². The molecule has 0 rings (SSSR count). The minimum Gasteiger partial charge on any atom is -0.464 e. The average Bonchev–Trinajstić information content (AvgIpc) is 1.95. The zero-order chi connectivity index (χ0) is 10.5. The summed E-state index contributed by atoms with van der Waals surface area (Å²) in [6, 6.07) is 0. The van der Waals surface area contributed by atoms with Crippen LogP contribution in [0, 0.1) is 5.92 Å². The summed E-state index contributed by atoms with van der Waals surface area (Å²) in [4.78, 5) is 10.3. The van der Waals surface area contributed by atoms with Crippen molar-refractivity contribution in [1.29, 1.82) is 0 Å². The van der Waals surface area contributed by atoms with Crippen LogP contribution in [0.1, 0.15) is 40.5 Å². The van der Waals surface area contributed by atoms with Gasteiger partial charge < -0.3 is 4.74 Å². The van der Waals surface area contributed by atoms with Crippen molar-refractivity contribution in [3.05, 3.63) is 0 Å². The average molecular weight is 207 g/mol. The monoisotopic (exact) mass is 206 g/mol. The lowest BCUT2D eigenvalue weighted by atomic mass is 10.1. The maximum Gasteiger partial charge on any atom is 0.326 e. The third-order valence-corrected chi connectivity index (χ3v) is 1.80. The molecule has 0 unspecified atom stereocenters. The molecule has 2 nitrogen and oxygen atoms in total. The van der Waals surface area contributed by atoms with Crippen LogP contribution < -0.4 is 0 Å². The summed E-state index contributed by atoms with van der Waals surface area (Å²) in [6.07, 6.45) is 1.99. The Kier molecular flexibility index (Phi) is 5.38. The normalized spacial score (nSPS) is 11.8. The fourth-order valence-corrected chi connectivity index (χ4v) is 0.883. The molecule has 0 aromatic rings. The Bertz CT molecular complexity index is 159. The molecule has 0 N–H and O–H groups in total. The second kappa shape index (κ2) is 5.48. The van der Waals surface area contributed by atoms with Crippen molar-refractivity contribution in [3.8, 4) is 0 Å². The SMILES string of the molecule is CC(C)CCCOC(=O)C(C)(C)Cl. The minimum absolute atomic E-state index is 0.335. The molecular formula is C10H19ClO2. The molecule has 0 saturated carbocycles. The second-order valence-electron chi connectivity index (χ2n) is 4.14. The quantitative estimate of drug-likeness (QED) is 0.393. The molecule has 0 spiro atoms. The predicted molar refractivity (Wildman–Crippen MR) is 55.0 cm³/mol. The minimum atomic E-state index is -0.891. The van der Waals surface area contributed by atoms with Crippen LogP contribution in [-0.2, 0) is 9.53 Å². The molecule has 13 heavy (non-hydrogen) atoms. The van der Waals surface area contributed by atoms with Gasteiger partial charge >= 0.3 is 5.97 Å². The molecule has 0 bridgehead atoms. The number of hydrogen-bond acceptors (Lipinski definition) is 2. The van der Waals surface area contributed by atoms with E-state index in [0.29, 0.717) is 12.5 Å². The van der Waals surface area contributed by atoms with Gasteiger partial charge in [-0.3, -0.25) is 4.79 Å². The number of hydrogen-bond donors (Lipinski definition) is 0. The van der Waals surface area contributed by atoms with Crippen LogP contribution in [0.25, 0.3) is 0 Å². The number of carbonyl (C=O) groups is 1. The highest BCUT2D eigenvalue weighted by Gasteiger charge is 2.25. The van der Waals surface area contributed by atoms with Gasteiger partial charge in [-0.1, -0.05) is 13.8 Å². The highest BCUT2D eigenvalue weighted by molar-refractivity contribution is 6.33. The third-order valence-electron chi connectivity index (χ3n) is 1.64. The molecular weight excluding hydrogens is 188 g/mol. The lowest BCUT2D eigenvalue weighted by Gasteiger charge is -2.14. The Morgan fingerprint density at radius 1 is 1.46 bits per heavy atom. The van der Waals surface area contributed by atoms with Gasteiger partial charge in [-0.05, 0) is 32.6 Å². The van der Waals surface area contributed by atoms with Gasteiger partial charge in [0.05, 0.1) is 6.61 Å². The molecule has 0 atom stereocenters. The Hall–Kier alpha value is -0.240. The number of carbonyl (C=O) groups excluding carboxylic acids is 1. The number of alkyl halides is 1. The van der Waals surface area contributed by atoms with E-state index in [2.05, 4.69) is 13.8 Å². The van der Waals surface area contributed by atoms with Crippen molar-refractivity contribution >= 4 is 17.6 Å². The van der Waals surface area contributed by atoms with Crippen molar-refractivity contribution in [3.63, 3.8) is 0 Å².